The van der Waals surface area contributed by atoms with E-state index in [1.807, 2.05) is 32.2 Å². The second kappa shape index (κ2) is 7.19. The molecule has 1 N–H and O–H groups in total. The van der Waals surface area contributed by atoms with Crippen molar-refractivity contribution < 1.29 is 14.7 Å². The fraction of sp³-hybridized carbons (Fsp3) is 0.429. The van der Waals surface area contributed by atoms with E-state index in [9.17, 15) is 9.59 Å². The molecule has 0 atom stereocenters. The maximum absolute atomic E-state index is 12.2. The molecule has 4 nitrogen and oxygen atoms in total. The van der Waals surface area contributed by atoms with Crippen LogP contribution in [-0.4, -0.2) is 40.7 Å². The summed E-state index contributed by atoms with van der Waals surface area (Å²) in [5.41, 5.74) is 1.68. The third kappa shape index (κ3) is 4.59. The topological polar surface area (TPSA) is 57.6 Å². The molecule has 0 fully saturated rings. The highest BCUT2D eigenvalue weighted by atomic mass is 32.2. The average molecular weight is 281 g/mol. The Kier molecular flexibility index (Phi) is 5.89. The Labute approximate surface area is 117 Å². The number of carbonyl (C=O) groups excluding carboxylic acids is 1. The zero-order chi connectivity index (χ0) is 14.4. The summed E-state index contributed by atoms with van der Waals surface area (Å²) in [6.07, 6.45) is 2.02. The summed E-state index contributed by atoms with van der Waals surface area (Å²) in [6.45, 7) is 3.34. The third-order valence-corrected chi connectivity index (χ3v) is 3.32. The number of nitrogens with zero attached hydrogens (tertiary/aromatic N) is 1. The van der Waals surface area contributed by atoms with Crippen LogP contribution in [-0.2, 0) is 10.5 Å². The molecule has 1 amide bonds. The van der Waals surface area contributed by atoms with Crippen LogP contribution in [0, 0.1) is 0 Å². The van der Waals surface area contributed by atoms with Gasteiger partial charge in [-0.1, -0.05) is 12.1 Å². The second-order valence-electron chi connectivity index (χ2n) is 4.55. The van der Waals surface area contributed by atoms with Crippen LogP contribution in [0.3, 0.4) is 0 Å². The van der Waals surface area contributed by atoms with Gasteiger partial charge in [0.05, 0.1) is 0 Å². The van der Waals surface area contributed by atoms with Gasteiger partial charge in [-0.05, 0) is 37.8 Å². The van der Waals surface area contributed by atoms with Crippen LogP contribution in [0.2, 0.25) is 0 Å². The average Bonchev–Trinajstić information content (AvgIpc) is 2.36. The maximum atomic E-state index is 12.2. The van der Waals surface area contributed by atoms with Crippen LogP contribution in [0.4, 0.5) is 0 Å². The number of benzene rings is 1. The molecule has 1 aromatic carbocycles. The molecule has 0 unspecified atom stereocenters. The summed E-state index contributed by atoms with van der Waals surface area (Å²) in [5, 5.41) is 8.85. The van der Waals surface area contributed by atoms with Gasteiger partial charge in [-0.3, -0.25) is 9.59 Å². The zero-order valence-electron chi connectivity index (χ0n) is 11.4. The summed E-state index contributed by atoms with van der Waals surface area (Å²) < 4.78 is 0. The van der Waals surface area contributed by atoms with Gasteiger partial charge in [-0.2, -0.15) is 11.8 Å². The lowest BCUT2D eigenvalue weighted by Crippen LogP contribution is -2.40. The Balaban J connectivity index is 2.87. The zero-order valence-corrected chi connectivity index (χ0v) is 12.2. The standard InChI is InChI=1S/C14H19NO3S/c1-10(2)15(8-13(16)17)14(18)12-6-4-11(5-7-12)9-19-3/h4-7,10H,8-9H2,1-3H3,(H,16,17). The van der Waals surface area contributed by atoms with Crippen LogP contribution in [0.15, 0.2) is 24.3 Å². The van der Waals surface area contributed by atoms with Crippen LogP contribution in [0.5, 0.6) is 0 Å². The van der Waals surface area contributed by atoms with E-state index >= 15 is 0 Å². The fourth-order valence-electron chi connectivity index (χ4n) is 1.71. The summed E-state index contributed by atoms with van der Waals surface area (Å²) in [7, 11) is 0. The van der Waals surface area contributed by atoms with Gasteiger partial charge in [0.15, 0.2) is 0 Å². The van der Waals surface area contributed by atoms with Gasteiger partial charge in [0, 0.05) is 17.4 Å². The smallest absolute Gasteiger partial charge is 0.323 e. The Hall–Kier alpha value is -1.49. The Morgan fingerprint density at radius 1 is 1.26 bits per heavy atom. The number of hydrogen-bond donors (Lipinski definition) is 1. The highest BCUT2D eigenvalue weighted by Gasteiger charge is 2.21. The normalized spacial score (nSPS) is 10.5. The molecular weight excluding hydrogens is 262 g/mol. The highest BCUT2D eigenvalue weighted by molar-refractivity contribution is 7.97. The number of aliphatic carboxylic acids is 1. The molecule has 0 aliphatic heterocycles. The lowest BCUT2D eigenvalue weighted by atomic mass is 10.1. The van der Waals surface area contributed by atoms with E-state index < -0.39 is 5.97 Å². The van der Waals surface area contributed by atoms with Crippen molar-refractivity contribution in [2.75, 3.05) is 12.8 Å². The minimum Gasteiger partial charge on any atom is -0.480 e. The van der Waals surface area contributed by atoms with Crippen molar-refractivity contribution >= 4 is 23.6 Å². The molecule has 0 spiro atoms. The van der Waals surface area contributed by atoms with Crippen molar-refractivity contribution in [1.82, 2.24) is 4.90 Å². The molecule has 1 rings (SSSR count). The van der Waals surface area contributed by atoms with Crippen LogP contribution < -0.4 is 0 Å². The third-order valence-electron chi connectivity index (χ3n) is 2.70. The quantitative estimate of drug-likeness (QED) is 0.870. The number of carboxylic acids is 1. The van der Waals surface area contributed by atoms with Gasteiger partial charge in [-0.15, -0.1) is 0 Å². The first kappa shape index (κ1) is 15.6. The number of thioether (sulfide) groups is 1. The molecule has 0 radical (unpaired) electrons. The highest BCUT2D eigenvalue weighted by Crippen LogP contribution is 2.13. The summed E-state index contributed by atoms with van der Waals surface area (Å²) in [6, 6.07) is 7.18. The lowest BCUT2D eigenvalue weighted by molar-refractivity contribution is -0.138. The van der Waals surface area contributed by atoms with E-state index in [0.717, 1.165) is 11.3 Å². The molecule has 104 valence electrons. The lowest BCUT2D eigenvalue weighted by Gasteiger charge is -2.25. The molecule has 0 aliphatic carbocycles. The molecule has 0 aromatic heterocycles. The Morgan fingerprint density at radius 3 is 2.26 bits per heavy atom. The van der Waals surface area contributed by atoms with Crippen molar-refractivity contribution in [3.05, 3.63) is 35.4 Å². The van der Waals surface area contributed by atoms with Gasteiger partial charge in [0.1, 0.15) is 6.54 Å². The largest absolute Gasteiger partial charge is 0.480 e. The molecular formula is C14H19NO3S. The molecule has 19 heavy (non-hydrogen) atoms. The summed E-state index contributed by atoms with van der Waals surface area (Å²) in [5.74, 6) is -0.341. The molecule has 1 aromatic rings. The van der Waals surface area contributed by atoms with E-state index in [1.165, 1.54) is 4.90 Å². The van der Waals surface area contributed by atoms with Crippen LogP contribution in [0.25, 0.3) is 0 Å². The molecule has 0 bridgehead atoms. The second-order valence-corrected chi connectivity index (χ2v) is 5.42. The van der Waals surface area contributed by atoms with Gasteiger partial charge in [-0.25, -0.2) is 0 Å². The van der Waals surface area contributed by atoms with Gasteiger partial charge in [0.2, 0.25) is 0 Å². The number of hydrogen-bond acceptors (Lipinski definition) is 3. The van der Waals surface area contributed by atoms with E-state index in [4.69, 9.17) is 5.11 Å². The van der Waals surface area contributed by atoms with Crippen molar-refractivity contribution in [3.63, 3.8) is 0 Å². The van der Waals surface area contributed by atoms with Crippen molar-refractivity contribution in [2.24, 2.45) is 0 Å². The molecule has 5 heteroatoms. The van der Waals surface area contributed by atoms with Crippen LogP contribution in [0.1, 0.15) is 29.8 Å². The first-order chi connectivity index (χ1) is 8.95. The van der Waals surface area contributed by atoms with Crippen molar-refractivity contribution in [3.8, 4) is 0 Å². The summed E-state index contributed by atoms with van der Waals surface area (Å²) in [4.78, 5) is 24.4. The molecule has 0 heterocycles. The number of carboxylic acid groups (broad SMARTS) is 1. The van der Waals surface area contributed by atoms with Crippen LogP contribution >= 0.6 is 11.8 Å². The minimum atomic E-state index is -0.999. The Morgan fingerprint density at radius 2 is 1.84 bits per heavy atom. The van der Waals surface area contributed by atoms with Gasteiger partial charge < -0.3 is 10.0 Å². The van der Waals surface area contributed by atoms with Crippen molar-refractivity contribution in [2.45, 2.75) is 25.6 Å². The van der Waals surface area contributed by atoms with Gasteiger partial charge in [0.25, 0.3) is 5.91 Å². The van der Waals surface area contributed by atoms with Gasteiger partial charge >= 0.3 is 5.97 Å². The monoisotopic (exact) mass is 281 g/mol. The fourth-order valence-corrected chi connectivity index (χ4v) is 2.24. The number of rotatable bonds is 6. The summed E-state index contributed by atoms with van der Waals surface area (Å²) >= 11 is 1.72. The number of amides is 1. The SMILES string of the molecule is CSCc1ccc(C(=O)N(CC(=O)O)C(C)C)cc1. The van der Waals surface area contributed by atoms with E-state index in [2.05, 4.69) is 0 Å². The minimum absolute atomic E-state index is 0.144. The molecule has 0 saturated carbocycles. The van der Waals surface area contributed by atoms with E-state index in [1.54, 1.807) is 23.9 Å². The predicted octanol–water partition coefficient (Wildman–Crippen LogP) is 2.48. The van der Waals surface area contributed by atoms with Crippen molar-refractivity contribution in [1.29, 1.82) is 0 Å². The predicted molar refractivity (Wildman–Crippen MR) is 77.5 cm³/mol. The molecule has 0 aliphatic rings. The first-order valence-electron chi connectivity index (χ1n) is 6.06. The first-order valence-corrected chi connectivity index (χ1v) is 7.45. The Bertz CT molecular complexity index is 443. The molecule has 0 saturated heterocycles. The van der Waals surface area contributed by atoms with E-state index in [-0.39, 0.29) is 18.5 Å². The number of carbonyl (C=O) groups is 2. The van der Waals surface area contributed by atoms with E-state index in [0.29, 0.717) is 5.56 Å². The maximum Gasteiger partial charge on any atom is 0.323 e.